The first kappa shape index (κ1) is 7.11. The van der Waals surface area contributed by atoms with Crippen molar-refractivity contribution in [2.45, 2.75) is 6.10 Å². The third-order valence-electron chi connectivity index (χ3n) is 1.15. The van der Waals surface area contributed by atoms with Gasteiger partial charge in [0, 0.05) is 18.9 Å². The van der Waals surface area contributed by atoms with Crippen molar-refractivity contribution in [1.29, 1.82) is 0 Å². The Morgan fingerprint density at radius 1 is 1.60 bits per heavy atom. The molecule has 0 aliphatic rings. The summed E-state index contributed by atoms with van der Waals surface area (Å²) in [5.74, 6) is 0. The molecule has 0 radical (unpaired) electrons. The highest BCUT2D eigenvalue weighted by Crippen LogP contribution is 2.03. The minimum absolute atomic E-state index is 0.179. The number of aliphatic hydroxyl groups is 1. The van der Waals surface area contributed by atoms with Crippen LogP contribution in [0, 0.1) is 0 Å². The number of aromatic nitrogens is 2. The predicted octanol–water partition coefficient (Wildman–Crippen LogP) is -0.531. The monoisotopic (exact) mass is 139 g/mol. The molecule has 4 nitrogen and oxygen atoms in total. The van der Waals surface area contributed by atoms with E-state index in [1.165, 1.54) is 12.4 Å². The summed E-state index contributed by atoms with van der Waals surface area (Å²) in [5.41, 5.74) is 5.70. The lowest BCUT2D eigenvalue weighted by Crippen LogP contribution is -2.12. The van der Waals surface area contributed by atoms with E-state index < -0.39 is 6.10 Å². The van der Waals surface area contributed by atoms with E-state index in [1.54, 1.807) is 6.20 Å². The molecule has 10 heavy (non-hydrogen) atoms. The summed E-state index contributed by atoms with van der Waals surface area (Å²) in [5, 5.41) is 9.10. The van der Waals surface area contributed by atoms with E-state index in [9.17, 15) is 0 Å². The van der Waals surface area contributed by atoms with Crippen LogP contribution in [0.5, 0.6) is 0 Å². The SMILES string of the molecule is NC[C@@H](O)c1cnccn1. The third-order valence-corrected chi connectivity index (χ3v) is 1.15. The molecular weight excluding hydrogens is 130 g/mol. The average Bonchev–Trinajstić information content (AvgIpc) is 2.05. The maximum atomic E-state index is 9.10. The van der Waals surface area contributed by atoms with Crippen LogP contribution < -0.4 is 5.73 Å². The minimum atomic E-state index is -0.686. The van der Waals surface area contributed by atoms with Gasteiger partial charge in [-0.15, -0.1) is 0 Å². The number of aliphatic hydroxyl groups excluding tert-OH is 1. The second-order valence-electron chi connectivity index (χ2n) is 1.88. The van der Waals surface area contributed by atoms with Crippen LogP contribution in [-0.4, -0.2) is 21.6 Å². The second-order valence-corrected chi connectivity index (χ2v) is 1.88. The molecule has 1 heterocycles. The molecule has 0 spiro atoms. The van der Waals surface area contributed by atoms with Crippen molar-refractivity contribution in [2.75, 3.05) is 6.54 Å². The van der Waals surface area contributed by atoms with Gasteiger partial charge in [-0.2, -0.15) is 0 Å². The molecule has 0 saturated carbocycles. The van der Waals surface area contributed by atoms with Crippen molar-refractivity contribution in [3.8, 4) is 0 Å². The van der Waals surface area contributed by atoms with Crippen LogP contribution in [-0.2, 0) is 0 Å². The van der Waals surface area contributed by atoms with Crippen LogP contribution in [0.3, 0.4) is 0 Å². The molecule has 0 unspecified atom stereocenters. The van der Waals surface area contributed by atoms with Crippen LogP contribution in [0.4, 0.5) is 0 Å². The van der Waals surface area contributed by atoms with Crippen LogP contribution >= 0.6 is 0 Å². The molecule has 0 aliphatic carbocycles. The van der Waals surface area contributed by atoms with Crippen molar-refractivity contribution < 1.29 is 5.11 Å². The van der Waals surface area contributed by atoms with Gasteiger partial charge in [-0.05, 0) is 0 Å². The first-order chi connectivity index (χ1) is 4.84. The summed E-state index contributed by atoms with van der Waals surface area (Å²) >= 11 is 0. The van der Waals surface area contributed by atoms with E-state index in [4.69, 9.17) is 10.8 Å². The van der Waals surface area contributed by atoms with Gasteiger partial charge in [0.15, 0.2) is 0 Å². The summed E-state index contributed by atoms with van der Waals surface area (Å²) in [7, 11) is 0. The van der Waals surface area contributed by atoms with Crippen LogP contribution in [0.1, 0.15) is 11.8 Å². The fourth-order valence-corrected chi connectivity index (χ4v) is 0.603. The Balaban J connectivity index is 2.75. The summed E-state index contributed by atoms with van der Waals surface area (Å²) in [6.45, 7) is 0.179. The topological polar surface area (TPSA) is 72.0 Å². The van der Waals surface area contributed by atoms with E-state index in [-0.39, 0.29) is 6.54 Å². The average molecular weight is 139 g/mol. The Hall–Kier alpha value is -1.00. The van der Waals surface area contributed by atoms with Crippen LogP contribution in [0.25, 0.3) is 0 Å². The van der Waals surface area contributed by atoms with Gasteiger partial charge in [0.1, 0.15) is 6.10 Å². The molecule has 4 heteroatoms. The van der Waals surface area contributed by atoms with Gasteiger partial charge in [-0.1, -0.05) is 0 Å². The van der Waals surface area contributed by atoms with Crippen molar-refractivity contribution >= 4 is 0 Å². The quantitative estimate of drug-likeness (QED) is 0.577. The zero-order chi connectivity index (χ0) is 7.40. The zero-order valence-corrected chi connectivity index (χ0v) is 5.44. The van der Waals surface area contributed by atoms with Gasteiger partial charge in [0.2, 0.25) is 0 Å². The lowest BCUT2D eigenvalue weighted by molar-refractivity contribution is 0.181. The standard InChI is InChI=1S/C6H9N3O/c7-3-6(10)5-4-8-1-2-9-5/h1-2,4,6,10H,3,7H2/t6-/m1/s1. The zero-order valence-electron chi connectivity index (χ0n) is 5.44. The Labute approximate surface area is 58.7 Å². The molecule has 0 saturated heterocycles. The highest BCUT2D eigenvalue weighted by molar-refractivity contribution is 4.98. The normalized spacial score (nSPS) is 13.0. The summed E-state index contributed by atoms with van der Waals surface area (Å²) in [6, 6.07) is 0. The second kappa shape index (κ2) is 3.24. The van der Waals surface area contributed by atoms with Crippen molar-refractivity contribution in [3.05, 3.63) is 24.3 Å². The van der Waals surface area contributed by atoms with E-state index >= 15 is 0 Å². The number of nitrogens with two attached hydrogens (primary N) is 1. The molecule has 0 bridgehead atoms. The molecule has 1 aromatic heterocycles. The predicted molar refractivity (Wildman–Crippen MR) is 36.0 cm³/mol. The Bertz CT molecular complexity index is 189. The molecule has 1 atom stereocenters. The fraction of sp³-hybridized carbons (Fsp3) is 0.333. The van der Waals surface area contributed by atoms with Crippen LogP contribution in [0.15, 0.2) is 18.6 Å². The number of nitrogens with zero attached hydrogens (tertiary/aromatic N) is 2. The molecule has 0 fully saturated rings. The first-order valence-corrected chi connectivity index (χ1v) is 2.98. The molecule has 0 amide bonds. The molecule has 3 N–H and O–H groups in total. The molecular formula is C6H9N3O. The first-order valence-electron chi connectivity index (χ1n) is 2.98. The Morgan fingerprint density at radius 2 is 2.40 bits per heavy atom. The lowest BCUT2D eigenvalue weighted by Gasteiger charge is -2.03. The summed E-state index contributed by atoms with van der Waals surface area (Å²) in [4.78, 5) is 7.63. The van der Waals surface area contributed by atoms with E-state index in [0.717, 1.165) is 0 Å². The highest BCUT2D eigenvalue weighted by atomic mass is 16.3. The van der Waals surface area contributed by atoms with Crippen molar-refractivity contribution in [2.24, 2.45) is 5.73 Å². The van der Waals surface area contributed by atoms with Gasteiger partial charge in [0.05, 0.1) is 11.9 Å². The maximum Gasteiger partial charge on any atom is 0.110 e. The summed E-state index contributed by atoms with van der Waals surface area (Å²) < 4.78 is 0. The number of hydrogen-bond donors (Lipinski definition) is 2. The number of rotatable bonds is 2. The van der Waals surface area contributed by atoms with Crippen molar-refractivity contribution in [1.82, 2.24) is 9.97 Å². The Morgan fingerprint density at radius 3 is 2.90 bits per heavy atom. The largest absolute Gasteiger partial charge is 0.385 e. The number of hydrogen-bond acceptors (Lipinski definition) is 4. The van der Waals surface area contributed by atoms with Gasteiger partial charge < -0.3 is 10.8 Å². The fourth-order valence-electron chi connectivity index (χ4n) is 0.603. The minimum Gasteiger partial charge on any atom is -0.385 e. The molecule has 1 aromatic rings. The maximum absolute atomic E-state index is 9.10. The van der Waals surface area contributed by atoms with Crippen LogP contribution in [0.2, 0.25) is 0 Å². The van der Waals surface area contributed by atoms with Gasteiger partial charge in [0.25, 0.3) is 0 Å². The van der Waals surface area contributed by atoms with E-state index in [2.05, 4.69) is 9.97 Å². The molecule has 54 valence electrons. The Kier molecular flexibility index (Phi) is 2.30. The lowest BCUT2D eigenvalue weighted by atomic mass is 10.3. The van der Waals surface area contributed by atoms with E-state index in [0.29, 0.717) is 5.69 Å². The summed E-state index contributed by atoms with van der Waals surface area (Å²) in [6.07, 6.45) is 3.88. The van der Waals surface area contributed by atoms with Gasteiger partial charge in [-0.3, -0.25) is 9.97 Å². The molecule has 0 aromatic carbocycles. The highest BCUT2D eigenvalue weighted by Gasteiger charge is 2.04. The van der Waals surface area contributed by atoms with Gasteiger partial charge in [-0.25, -0.2) is 0 Å². The van der Waals surface area contributed by atoms with Crippen molar-refractivity contribution in [3.63, 3.8) is 0 Å². The smallest absolute Gasteiger partial charge is 0.110 e. The molecule has 1 rings (SSSR count). The third kappa shape index (κ3) is 1.49. The molecule has 0 aliphatic heterocycles. The van der Waals surface area contributed by atoms with Gasteiger partial charge >= 0.3 is 0 Å². The van der Waals surface area contributed by atoms with E-state index in [1.807, 2.05) is 0 Å².